The first-order valence-corrected chi connectivity index (χ1v) is 6.18. The number of benzene rings is 1. The van der Waals surface area contributed by atoms with Gasteiger partial charge in [-0.05, 0) is 24.0 Å². The lowest BCUT2D eigenvalue weighted by Gasteiger charge is -2.22. The summed E-state index contributed by atoms with van der Waals surface area (Å²) >= 11 is 0. The van der Waals surface area contributed by atoms with E-state index in [2.05, 4.69) is 5.32 Å². The molecule has 1 aromatic rings. The Hall–Kier alpha value is -1.49. The average molecular weight is 270 g/mol. The van der Waals surface area contributed by atoms with Gasteiger partial charge in [0.15, 0.2) is 0 Å². The van der Waals surface area contributed by atoms with Gasteiger partial charge in [0, 0.05) is 12.5 Å². The van der Waals surface area contributed by atoms with Crippen molar-refractivity contribution in [3.63, 3.8) is 0 Å². The molecular formula is C14H20F2N2O. The van der Waals surface area contributed by atoms with E-state index in [4.69, 9.17) is 5.73 Å². The molecule has 0 aromatic heterocycles. The lowest BCUT2D eigenvalue weighted by atomic mass is 9.87. The molecule has 3 N–H and O–H groups in total. The summed E-state index contributed by atoms with van der Waals surface area (Å²) in [5.41, 5.74) is 5.42. The van der Waals surface area contributed by atoms with Gasteiger partial charge in [-0.1, -0.05) is 26.8 Å². The number of amides is 1. The minimum atomic E-state index is -0.794. The van der Waals surface area contributed by atoms with E-state index in [0.29, 0.717) is 6.42 Å². The third-order valence-corrected chi connectivity index (χ3v) is 2.55. The highest BCUT2D eigenvalue weighted by atomic mass is 19.1. The molecule has 0 saturated heterocycles. The Bertz CT molecular complexity index is 435. The number of carbonyl (C=O) groups is 1. The molecule has 0 spiro atoms. The quantitative estimate of drug-likeness (QED) is 0.883. The Morgan fingerprint density at radius 2 is 1.84 bits per heavy atom. The first-order chi connectivity index (χ1) is 8.69. The van der Waals surface area contributed by atoms with Crippen LogP contribution >= 0.6 is 0 Å². The number of halogens is 2. The Kier molecular flexibility index (Phi) is 5.00. The standard InChI is InChI=1S/C14H20F2N2O/c1-14(2,3)8-9(17)7-12(19)18-13-10(15)5-4-6-11(13)16/h4-6,9H,7-8,17H2,1-3H3,(H,18,19). The normalized spacial score (nSPS) is 13.2. The second kappa shape index (κ2) is 6.10. The summed E-state index contributed by atoms with van der Waals surface area (Å²) in [6, 6.07) is 3.09. The molecule has 0 heterocycles. The van der Waals surface area contributed by atoms with E-state index in [1.54, 1.807) is 0 Å². The van der Waals surface area contributed by atoms with Crippen LogP contribution in [0.5, 0.6) is 0 Å². The van der Waals surface area contributed by atoms with Crippen LogP contribution in [0.3, 0.4) is 0 Å². The highest BCUT2D eigenvalue weighted by Gasteiger charge is 2.19. The first kappa shape index (κ1) is 15.6. The largest absolute Gasteiger partial charge is 0.327 e. The van der Waals surface area contributed by atoms with Gasteiger partial charge in [0.25, 0.3) is 0 Å². The Balaban J connectivity index is 2.61. The number of carbonyl (C=O) groups excluding carboxylic acids is 1. The fourth-order valence-electron chi connectivity index (χ4n) is 1.90. The van der Waals surface area contributed by atoms with Crippen molar-refractivity contribution in [2.45, 2.75) is 39.7 Å². The number of anilines is 1. The Labute approximate surface area is 112 Å². The topological polar surface area (TPSA) is 55.1 Å². The van der Waals surface area contributed by atoms with Gasteiger partial charge in [-0.15, -0.1) is 0 Å². The van der Waals surface area contributed by atoms with E-state index < -0.39 is 23.2 Å². The van der Waals surface area contributed by atoms with Crippen molar-refractivity contribution >= 4 is 11.6 Å². The van der Waals surface area contributed by atoms with E-state index in [-0.39, 0.29) is 17.9 Å². The van der Waals surface area contributed by atoms with Crippen LogP contribution in [0.1, 0.15) is 33.6 Å². The van der Waals surface area contributed by atoms with E-state index in [1.165, 1.54) is 6.07 Å². The molecular weight excluding hydrogens is 250 g/mol. The minimum absolute atomic E-state index is 0.00292. The molecule has 5 heteroatoms. The minimum Gasteiger partial charge on any atom is -0.327 e. The van der Waals surface area contributed by atoms with Gasteiger partial charge >= 0.3 is 0 Å². The van der Waals surface area contributed by atoms with E-state index >= 15 is 0 Å². The molecule has 3 nitrogen and oxygen atoms in total. The monoisotopic (exact) mass is 270 g/mol. The average Bonchev–Trinajstić information content (AvgIpc) is 2.20. The number of para-hydroxylation sites is 1. The highest BCUT2D eigenvalue weighted by molar-refractivity contribution is 5.91. The molecule has 0 saturated carbocycles. The SMILES string of the molecule is CC(C)(C)CC(N)CC(=O)Nc1c(F)cccc1F. The number of hydrogen-bond acceptors (Lipinski definition) is 2. The molecule has 1 rings (SSSR count). The third-order valence-electron chi connectivity index (χ3n) is 2.55. The Morgan fingerprint density at radius 1 is 1.32 bits per heavy atom. The maximum Gasteiger partial charge on any atom is 0.226 e. The Morgan fingerprint density at radius 3 is 2.32 bits per heavy atom. The van der Waals surface area contributed by atoms with Crippen molar-refractivity contribution in [1.82, 2.24) is 0 Å². The summed E-state index contributed by atoms with van der Waals surface area (Å²) in [4.78, 5) is 11.7. The van der Waals surface area contributed by atoms with E-state index in [1.807, 2.05) is 20.8 Å². The predicted molar refractivity (Wildman–Crippen MR) is 71.7 cm³/mol. The molecule has 0 radical (unpaired) electrons. The molecule has 0 fully saturated rings. The fourth-order valence-corrected chi connectivity index (χ4v) is 1.90. The summed E-state index contributed by atoms with van der Waals surface area (Å²) in [5.74, 6) is -2.07. The number of rotatable bonds is 4. The zero-order valence-electron chi connectivity index (χ0n) is 11.5. The van der Waals surface area contributed by atoms with Gasteiger partial charge < -0.3 is 11.1 Å². The van der Waals surface area contributed by atoms with Crippen LogP contribution in [-0.4, -0.2) is 11.9 Å². The fraction of sp³-hybridized carbons (Fsp3) is 0.500. The number of nitrogens with two attached hydrogens (primary N) is 1. The van der Waals surface area contributed by atoms with Crippen molar-refractivity contribution in [1.29, 1.82) is 0 Å². The zero-order valence-corrected chi connectivity index (χ0v) is 11.5. The molecule has 1 aromatic carbocycles. The van der Waals surface area contributed by atoms with Crippen molar-refractivity contribution in [3.05, 3.63) is 29.8 Å². The van der Waals surface area contributed by atoms with Crippen molar-refractivity contribution < 1.29 is 13.6 Å². The number of nitrogens with one attached hydrogen (secondary N) is 1. The van der Waals surface area contributed by atoms with Gasteiger partial charge in [0.1, 0.15) is 17.3 Å². The van der Waals surface area contributed by atoms with Crippen LogP contribution in [0.2, 0.25) is 0 Å². The molecule has 1 unspecified atom stereocenters. The lowest BCUT2D eigenvalue weighted by molar-refractivity contribution is -0.116. The summed E-state index contributed by atoms with van der Waals surface area (Å²) in [5, 5.41) is 2.23. The molecule has 19 heavy (non-hydrogen) atoms. The van der Waals surface area contributed by atoms with Gasteiger partial charge in [-0.25, -0.2) is 8.78 Å². The maximum atomic E-state index is 13.3. The van der Waals surface area contributed by atoms with Gasteiger partial charge in [-0.2, -0.15) is 0 Å². The van der Waals surface area contributed by atoms with E-state index in [9.17, 15) is 13.6 Å². The summed E-state index contributed by atoms with van der Waals surface area (Å²) < 4.78 is 26.7. The van der Waals surface area contributed by atoms with Crippen LogP contribution in [0, 0.1) is 17.0 Å². The van der Waals surface area contributed by atoms with Crippen molar-refractivity contribution in [2.24, 2.45) is 11.1 Å². The van der Waals surface area contributed by atoms with Crippen LogP contribution in [0.4, 0.5) is 14.5 Å². The van der Waals surface area contributed by atoms with Crippen LogP contribution in [0.25, 0.3) is 0 Å². The van der Waals surface area contributed by atoms with Crippen molar-refractivity contribution in [3.8, 4) is 0 Å². The molecule has 0 aliphatic heterocycles. The summed E-state index contributed by atoms with van der Waals surface area (Å²) in [7, 11) is 0. The van der Waals surface area contributed by atoms with Crippen LogP contribution in [0.15, 0.2) is 18.2 Å². The second-order valence-electron chi connectivity index (χ2n) is 5.87. The van der Waals surface area contributed by atoms with Crippen LogP contribution < -0.4 is 11.1 Å². The third kappa shape index (κ3) is 5.34. The molecule has 1 atom stereocenters. The van der Waals surface area contributed by atoms with E-state index in [0.717, 1.165) is 12.1 Å². The van der Waals surface area contributed by atoms with Crippen LogP contribution in [-0.2, 0) is 4.79 Å². The molecule has 0 aliphatic rings. The maximum absolute atomic E-state index is 13.3. The summed E-state index contributed by atoms with van der Waals surface area (Å²) in [6.45, 7) is 6.05. The van der Waals surface area contributed by atoms with Crippen molar-refractivity contribution in [2.75, 3.05) is 5.32 Å². The number of hydrogen-bond donors (Lipinski definition) is 2. The lowest BCUT2D eigenvalue weighted by Crippen LogP contribution is -2.31. The second-order valence-corrected chi connectivity index (χ2v) is 5.87. The summed E-state index contributed by atoms with van der Waals surface area (Å²) in [6.07, 6.45) is 0.686. The molecule has 1 amide bonds. The van der Waals surface area contributed by atoms with Gasteiger partial charge in [0.2, 0.25) is 5.91 Å². The highest BCUT2D eigenvalue weighted by Crippen LogP contribution is 2.22. The predicted octanol–water partition coefficient (Wildman–Crippen LogP) is 3.06. The molecule has 106 valence electrons. The molecule has 0 aliphatic carbocycles. The van der Waals surface area contributed by atoms with Gasteiger partial charge in [0.05, 0.1) is 0 Å². The first-order valence-electron chi connectivity index (χ1n) is 6.18. The zero-order chi connectivity index (χ0) is 14.6. The molecule has 0 bridgehead atoms. The van der Waals surface area contributed by atoms with Gasteiger partial charge in [-0.3, -0.25) is 4.79 Å². The smallest absolute Gasteiger partial charge is 0.226 e.